The van der Waals surface area contributed by atoms with Gasteiger partial charge >= 0.3 is 0 Å². The van der Waals surface area contributed by atoms with Crippen LogP contribution < -0.4 is 10.6 Å². The second-order valence-electron chi connectivity index (χ2n) is 3.71. The monoisotopic (exact) mass is 195 g/mol. The quantitative estimate of drug-likeness (QED) is 0.634. The number of hydrogen-bond acceptors (Lipinski definition) is 4. The molecule has 0 saturated carbocycles. The third-order valence-electron chi connectivity index (χ3n) is 2.56. The van der Waals surface area contributed by atoms with Gasteiger partial charge in [-0.15, -0.1) is 0 Å². The number of hydrogen-bond donors (Lipinski definition) is 3. The number of piperidine rings is 1. The summed E-state index contributed by atoms with van der Waals surface area (Å²) >= 11 is 0. The van der Waals surface area contributed by atoms with Crippen molar-refractivity contribution < 1.29 is 0 Å². The highest BCUT2D eigenvalue weighted by Crippen LogP contribution is 2.05. The molecule has 0 radical (unpaired) electrons. The summed E-state index contributed by atoms with van der Waals surface area (Å²) in [5.41, 5.74) is 0. The Bertz CT molecular complexity index is 240. The van der Waals surface area contributed by atoms with Crippen molar-refractivity contribution in [2.45, 2.75) is 31.8 Å². The van der Waals surface area contributed by atoms with Gasteiger partial charge < -0.3 is 10.6 Å². The minimum atomic E-state index is 0.631. The highest BCUT2D eigenvalue weighted by atomic mass is 15.2. The zero-order valence-electron chi connectivity index (χ0n) is 8.29. The van der Waals surface area contributed by atoms with Crippen LogP contribution in [-0.4, -0.2) is 34.3 Å². The van der Waals surface area contributed by atoms with Crippen LogP contribution in [-0.2, 0) is 6.54 Å². The largest absolute Gasteiger partial charge is 0.313 e. The normalized spacial score (nSPS) is 22.4. The Morgan fingerprint density at radius 1 is 1.50 bits per heavy atom. The molecule has 1 aliphatic rings. The van der Waals surface area contributed by atoms with Crippen LogP contribution in [0.5, 0.6) is 0 Å². The van der Waals surface area contributed by atoms with Gasteiger partial charge in [-0.25, -0.2) is 4.98 Å². The minimum Gasteiger partial charge on any atom is -0.313 e. The van der Waals surface area contributed by atoms with Crippen molar-refractivity contribution >= 4 is 0 Å². The summed E-state index contributed by atoms with van der Waals surface area (Å²) in [5, 5.41) is 13.5. The van der Waals surface area contributed by atoms with Crippen LogP contribution in [0.4, 0.5) is 0 Å². The summed E-state index contributed by atoms with van der Waals surface area (Å²) < 4.78 is 0. The maximum atomic E-state index is 4.05. The lowest BCUT2D eigenvalue weighted by atomic mass is 10.1. The molecule has 0 aromatic carbocycles. The van der Waals surface area contributed by atoms with Gasteiger partial charge in [0, 0.05) is 12.6 Å². The van der Waals surface area contributed by atoms with E-state index in [4.69, 9.17) is 0 Å². The maximum Gasteiger partial charge on any atom is 0.138 e. The fourth-order valence-electron chi connectivity index (χ4n) is 1.78. The summed E-state index contributed by atoms with van der Waals surface area (Å²) in [5.74, 6) is 0.904. The molecule has 1 aliphatic heterocycles. The molecule has 1 unspecified atom stereocenters. The Balaban J connectivity index is 1.62. The van der Waals surface area contributed by atoms with E-state index in [0.29, 0.717) is 6.04 Å². The smallest absolute Gasteiger partial charge is 0.138 e. The van der Waals surface area contributed by atoms with Crippen LogP contribution in [0.2, 0.25) is 0 Å². The predicted molar refractivity (Wildman–Crippen MR) is 53.7 cm³/mol. The van der Waals surface area contributed by atoms with Gasteiger partial charge in [0.2, 0.25) is 0 Å². The fraction of sp³-hybridized carbons (Fsp3) is 0.778. The third kappa shape index (κ3) is 2.78. The lowest BCUT2D eigenvalue weighted by molar-refractivity contribution is 0.382. The van der Waals surface area contributed by atoms with Crippen LogP contribution >= 0.6 is 0 Å². The number of H-pyrrole nitrogens is 1. The van der Waals surface area contributed by atoms with Crippen LogP contribution in [0, 0.1) is 0 Å². The minimum absolute atomic E-state index is 0.631. The van der Waals surface area contributed by atoms with Crippen molar-refractivity contribution in [1.82, 2.24) is 25.8 Å². The molecule has 0 aliphatic carbocycles. The summed E-state index contributed by atoms with van der Waals surface area (Å²) in [4.78, 5) is 4.05. The van der Waals surface area contributed by atoms with Gasteiger partial charge in [0.15, 0.2) is 0 Å². The van der Waals surface area contributed by atoms with E-state index in [0.717, 1.165) is 25.5 Å². The molecule has 2 heterocycles. The van der Waals surface area contributed by atoms with E-state index in [-0.39, 0.29) is 0 Å². The summed E-state index contributed by atoms with van der Waals surface area (Å²) in [6, 6.07) is 0.631. The number of nitrogens with one attached hydrogen (secondary N) is 3. The number of aromatic nitrogens is 3. The first-order valence-corrected chi connectivity index (χ1v) is 5.23. The van der Waals surface area contributed by atoms with Crippen LogP contribution in [0.25, 0.3) is 0 Å². The van der Waals surface area contributed by atoms with Crippen molar-refractivity contribution in [2.24, 2.45) is 0 Å². The maximum absolute atomic E-state index is 4.05. The molecule has 2 rings (SSSR count). The highest BCUT2D eigenvalue weighted by molar-refractivity contribution is 4.80. The SMILES string of the molecule is c1n[nH]c(CNCC2CCCCN2)n1. The van der Waals surface area contributed by atoms with Crippen LogP contribution in [0.3, 0.4) is 0 Å². The molecular weight excluding hydrogens is 178 g/mol. The lowest BCUT2D eigenvalue weighted by Gasteiger charge is -2.23. The summed E-state index contributed by atoms with van der Waals surface area (Å²) in [6.07, 6.45) is 5.49. The first-order chi connectivity index (χ1) is 6.95. The zero-order chi connectivity index (χ0) is 9.64. The molecule has 78 valence electrons. The molecule has 0 bridgehead atoms. The highest BCUT2D eigenvalue weighted by Gasteiger charge is 2.11. The third-order valence-corrected chi connectivity index (χ3v) is 2.56. The molecule has 1 aromatic rings. The van der Waals surface area contributed by atoms with E-state index in [1.165, 1.54) is 25.6 Å². The average molecular weight is 195 g/mol. The van der Waals surface area contributed by atoms with Crippen molar-refractivity contribution in [1.29, 1.82) is 0 Å². The molecule has 5 nitrogen and oxygen atoms in total. The van der Waals surface area contributed by atoms with Gasteiger partial charge in [0.25, 0.3) is 0 Å². The van der Waals surface area contributed by atoms with Crippen molar-refractivity contribution in [3.05, 3.63) is 12.2 Å². The molecule has 5 heteroatoms. The Hall–Kier alpha value is -0.940. The first-order valence-electron chi connectivity index (χ1n) is 5.23. The second kappa shape index (κ2) is 5.07. The average Bonchev–Trinajstić information content (AvgIpc) is 2.72. The van der Waals surface area contributed by atoms with Crippen molar-refractivity contribution in [3.8, 4) is 0 Å². The van der Waals surface area contributed by atoms with E-state index in [9.17, 15) is 0 Å². The predicted octanol–water partition coefficient (Wildman–Crippen LogP) is 0.0364. The molecule has 1 saturated heterocycles. The van der Waals surface area contributed by atoms with E-state index in [1.54, 1.807) is 0 Å². The standard InChI is InChI=1S/C9H17N5/c1-2-4-11-8(3-1)5-10-6-9-12-7-13-14-9/h7-8,10-11H,1-6H2,(H,12,13,14). The molecule has 1 atom stereocenters. The van der Waals surface area contributed by atoms with Crippen molar-refractivity contribution in [3.63, 3.8) is 0 Å². The van der Waals surface area contributed by atoms with Crippen molar-refractivity contribution in [2.75, 3.05) is 13.1 Å². The Kier molecular flexibility index (Phi) is 3.48. The summed E-state index contributed by atoms with van der Waals surface area (Å²) in [6.45, 7) is 2.95. The van der Waals surface area contributed by atoms with Crippen LogP contribution in [0.15, 0.2) is 6.33 Å². The lowest BCUT2D eigenvalue weighted by Crippen LogP contribution is -2.41. The van der Waals surface area contributed by atoms with Gasteiger partial charge in [-0.05, 0) is 19.4 Å². The van der Waals surface area contributed by atoms with E-state index in [1.807, 2.05) is 0 Å². The Labute approximate surface area is 83.7 Å². The van der Waals surface area contributed by atoms with Gasteiger partial charge in [-0.3, -0.25) is 5.10 Å². The Morgan fingerprint density at radius 2 is 2.50 bits per heavy atom. The molecular formula is C9H17N5. The number of nitrogens with zero attached hydrogens (tertiary/aromatic N) is 2. The number of aromatic amines is 1. The van der Waals surface area contributed by atoms with Gasteiger partial charge in [-0.1, -0.05) is 6.42 Å². The van der Waals surface area contributed by atoms with E-state index in [2.05, 4.69) is 25.8 Å². The van der Waals surface area contributed by atoms with Gasteiger partial charge in [0.05, 0.1) is 6.54 Å². The van der Waals surface area contributed by atoms with Gasteiger partial charge in [-0.2, -0.15) is 5.10 Å². The molecule has 14 heavy (non-hydrogen) atoms. The molecule has 1 aromatic heterocycles. The molecule has 0 spiro atoms. The zero-order valence-corrected chi connectivity index (χ0v) is 8.29. The Morgan fingerprint density at radius 3 is 3.21 bits per heavy atom. The summed E-state index contributed by atoms with van der Waals surface area (Å²) in [7, 11) is 0. The van der Waals surface area contributed by atoms with Gasteiger partial charge in [0.1, 0.15) is 12.2 Å². The number of rotatable bonds is 4. The second-order valence-corrected chi connectivity index (χ2v) is 3.71. The molecule has 1 fully saturated rings. The topological polar surface area (TPSA) is 65.6 Å². The fourth-order valence-corrected chi connectivity index (χ4v) is 1.78. The molecule has 3 N–H and O–H groups in total. The van der Waals surface area contributed by atoms with E-state index >= 15 is 0 Å². The first kappa shape index (κ1) is 9.61. The molecule has 0 amide bonds. The van der Waals surface area contributed by atoms with Crippen LogP contribution in [0.1, 0.15) is 25.1 Å². The van der Waals surface area contributed by atoms with E-state index < -0.39 is 0 Å².